The summed E-state index contributed by atoms with van der Waals surface area (Å²) >= 11 is 0. The van der Waals surface area contributed by atoms with Gasteiger partial charge < -0.3 is 25.4 Å². The van der Waals surface area contributed by atoms with E-state index in [4.69, 9.17) is 9.47 Å². The van der Waals surface area contributed by atoms with E-state index in [2.05, 4.69) is 22.5 Å². The van der Waals surface area contributed by atoms with Crippen LogP contribution in [0, 0.1) is 0 Å². The Balaban J connectivity index is 4.92. The number of amides is 3. The van der Waals surface area contributed by atoms with E-state index in [9.17, 15) is 24.0 Å². The Morgan fingerprint density at radius 3 is 1.97 bits per heavy atom. The summed E-state index contributed by atoms with van der Waals surface area (Å²) in [5, 5.41) is 7.73. The van der Waals surface area contributed by atoms with Crippen molar-refractivity contribution < 1.29 is 33.4 Å². The lowest BCUT2D eigenvalue weighted by Crippen LogP contribution is -2.47. The number of ether oxygens (including phenoxy) is 2. The van der Waals surface area contributed by atoms with E-state index in [1.165, 1.54) is 0 Å². The number of carbonyl (C=O) groups excluding carboxylic acids is 5. The minimum atomic E-state index is -1.09. The molecule has 0 aliphatic carbocycles. The first-order chi connectivity index (χ1) is 15.6. The predicted molar refractivity (Wildman–Crippen MR) is 128 cm³/mol. The monoisotopic (exact) mass is 483 g/mol. The van der Waals surface area contributed by atoms with E-state index in [1.54, 1.807) is 48.5 Å². The number of ketones is 1. The van der Waals surface area contributed by atoms with Gasteiger partial charge >= 0.3 is 12.1 Å². The Bertz CT molecular complexity index is 736. The number of carbonyl (C=O) groups is 5. The lowest BCUT2D eigenvalue weighted by Gasteiger charge is -2.26. The highest BCUT2D eigenvalue weighted by molar-refractivity contribution is 5.89. The summed E-state index contributed by atoms with van der Waals surface area (Å²) in [5.74, 6) is -1.58. The number of nitrogens with one attached hydrogen (secondary N) is 3. The molecule has 0 rings (SSSR count). The van der Waals surface area contributed by atoms with Gasteiger partial charge in [0.1, 0.15) is 17.2 Å². The summed E-state index contributed by atoms with van der Waals surface area (Å²) in [6.07, 6.45) is 1.24. The highest BCUT2D eigenvalue weighted by atomic mass is 16.6. The molecule has 194 valence electrons. The lowest BCUT2D eigenvalue weighted by atomic mass is 10.0. The van der Waals surface area contributed by atoms with Gasteiger partial charge in [0.15, 0.2) is 5.78 Å². The molecule has 0 aromatic rings. The zero-order valence-corrected chi connectivity index (χ0v) is 21.5. The van der Waals surface area contributed by atoms with E-state index < -0.39 is 41.3 Å². The number of esters is 1. The molecule has 3 amide bonds. The third kappa shape index (κ3) is 15.0. The van der Waals surface area contributed by atoms with Crippen LogP contribution in [0.1, 0.15) is 80.6 Å². The van der Waals surface area contributed by atoms with Crippen molar-refractivity contribution in [3.63, 3.8) is 0 Å². The molecule has 0 bridgehead atoms. The zero-order valence-electron chi connectivity index (χ0n) is 21.5. The molecule has 0 aliphatic heterocycles. The molecule has 3 N–H and O–H groups in total. The van der Waals surface area contributed by atoms with Crippen LogP contribution in [0.5, 0.6) is 0 Å². The summed E-state index contributed by atoms with van der Waals surface area (Å²) in [5.41, 5.74) is -1.54. The second kappa shape index (κ2) is 14.4. The maximum absolute atomic E-state index is 12.6. The smallest absolute Gasteiger partial charge is 0.408 e. The summed E-state index contributed by atoms with van der Waals surface area (Å²) < 4.78 is 10.6. The van der Waals surface area contributed by atoms with Gasteiger partial charge in [0, 0.05) is 19.4 Å². The second-order valence-electron chi connectivity index (χ2n) is 9.86. The Hall–Kier alpha value is -2.91. The van der Waals surface area contributed by atoms with E-state index in [0.717, 1.165) is 6.08 Å². The molecular formula is C24H41N3O7. The van der Waals surface area contributed by atoms with Gasteiger partial charge in [-0.3, -0.25) is 14.4 Å². The normalized spacial score (nSPS) is 13.1. The number of hydrogen-bond donors (Lipinski definition) is 3. The van der Waals surface area contributed by atoms with Crippen molar-refractivity contribution in [2.24, 2.45) is 0 Å². The van der Waals surface area contributed by atoms with Crippen LogP contribution in [0.2, 0.25) is 0 Å². The van der Waals surface area contributed by atoms with E-state index in [1.807, 2.05) is 0 Å². The average Bonchev–Trinajstić information content (AvgIpc) is 2.69. The van der Waals surface area contributed by atoms with Gasteiger partial charge in [-0.1, -0.05) is 13.5 Å². The number of hydrogen-bond acceptors (Lipinski definition) is 7. The molecule has 0 spiro atoms. The van der Waals surface area contributed by atoms with Crippen molar-refractivity contribution in [2.75, 3.05) is 6.54 Å². The highest BCUT2D eigenvalue weighted by Gasteiger charge is 2.29. The van der Waals surface area contributed by atoms with Gasteiger partial charge in [0.25, 0.3) is 0 Å². The van der Waals surface area contributed by atoms with Crippen LogP contribution in [0.3, 0.4) is 0 Å². The Kier molecular flexibility index (Phi) is 13.1. The predicted octanol–water partition coefficient (Wildman–Crippen LogP) is 2.55. The molecule has 0 saturated heterocycles. The SMILES string of the molecule is C=CC(=O)NCCCC(=O)C(CC)NC(=O)CCC(NC(=O)OC(C)(C)C)C(=O)OC(C)(C)C. The van der Waals surface area contributed by atoms with Gasteiger partial charge in [0.2, 0.25) is 11.8 Å². The van der Waals surface area contributed by atoms with Gasteiger partial charge in [-0.05, 0) is 66.9 Å². The fourth-order valence-electron chi connectivity index (χ4n) is 2.74. The van der Waals surface area contributed by atoms with E-state index in [0.29, 0.717) is 19.4 Å². The fraction of sp³-hybridized carbons (Fsp3) is 0.708. The number of alkyl carbamates (subject to hydrolysis) is 1. The van der Waals surface area contributed by atoms with Crippen LogP contribution >= 0.6 is 0 Å². The van der Waals surface area contributed by atoms with Crippen LogP contribution in [0.4, 0.5) is 4.79 Å². The Labute approximate surface area is 202 Å². The van der Waals surface area contributed by atoms with Crippen LogP contribution in [-0.2, 0) is 28.7 Å². The van der Waals surface area contributed by atoms with Crippen molar-refractivity contribution in [1.82, 2.24) is 16.0 Å². The summed E-state index contributed by atoms with van der Waals surface area (Å²) in [6, 6.07) is -1.77. The number of rotatable bonds is 13. The molecule has 0 aliphatic rings. The Morgan fingerprint density at radius 2 is 1.47 bits per heavy atom. The average molecular weight is 484 g/mol. The molecule has 0 aromatic carbocycles. The topological polar surface area (TPSA) is 140 Å². The number of Topliss-reactive ketones (excluding diaryl/α,β-unsaturated/α-hetero) is 1. The van der Waals surface area contributed by atoms with Crippen LogP contribution in [0.25, 0.3) is 0 Å². The molecule has 10 nitrogen and oxygen atoms in total. The van der Waals surface area contributed by atoms with Gasteiger partial charge in [-0.15, -0.1) is 0 Å². The minimum absolute atomic E-state index is 0.0296. The summed E-state index contributed by atoms with van der Waals surface area (Å²) in [6.45, 7) is 15.6. The largest absolute Gasteiger partial charge is 0.458 e. The standard InChI is InChI=1S/C24H41N3O7/c1-9-16(18(28)12-11-15-25-19(29)10-2)26-20(30)14-13-17(21(31)33-23(3,4)5)27-22(32)34-24(6,7)8/h10,16-17H,2,9,11-15H2,1,3-8H3,(H,25,29)(H,26,30)(H,27,32). The summed E-state index contributed by atoms with van der Waals surface area (Å²) in [7, 11) is 0. The lowest BCUT2D eigenvalue weighted by molar-refractivity contribution is -0.157. The first-order valence-corrected chi connectivity index (χ1v) is 11.5. The fourth-order valence-corrected chi connectivity index (χ4v) is 2.74. The quantitative estimate of drug-likeness (QED) is 0.208. The third-order valence-electron chi connectivity index (χ3n) is 4.26. The van der Waals surface area contributed by atoms with Gasteiger partial charge in [-0.25, -0.2) is 9.59 Å². The molecule has 0 saturated carbocycles. The summed E-state index contributed by atoms with van der Waals surface area (Å²) in [4.78, 5) is 60.8. The van der Waals surface area contributed by atoms with E-state index in [-0.39, 0.29) is 31.0 Å². The maximum Gasteiger partial charge on any atom is 0.408 e. The third-order valence-corrected chi connectivity index (χ3v) is 4.26. The molecule has 0 fully saturated rings. The van der Waals surface area contributed by atoms with Crippen LogP contribution in [0.15, 0.2) is 12.7 Å². The Morgan fingerprint density at radius 1 is 0.882 bits per heavy atom. The van der Waals surface area contributed by atoms with Gasteiger partial charge in [0.05, 0.1) is 6.04 Å². The molecule has 2 unspecified atom stereocenters. The van der Waals surface area contributed by atoms with Crippen molar-refractivity contribution in [2.45, 2.75) is 104 Å². The van der Waals surface area contributed by atoms with Gasteiger partial charge in [-0.2, -0.15) is 0 Å². The van der Waals surface area contributed by atoms with Crippen molar-refractivity contribution in [3.8, 4) is 0 Å². The van der Waals surface area contributed by atoms with Crippen LogP contribution < -0.4 is 16.0 Å². The first kappa shape index (κ1) is 31.1. The molecular weight excluding hydrogens is 442 g/mol. The van der Waals surface area contributed by atoms with E-state index >= 15 is 0 Å². The second-order valence-corrected chi connectivity index (χ2v) is 9.86. The molecule has 0 radical (unpaired) electrons. The van der Waals surface area contributed by atoms with Crippen molar-refractivity contribution in [3.05, 3.63) is 12.7 Å². The van der Waals surface area contributed by atoms with Crippen LogP contribution in [-0.4, -0.2) is 59.5 Å². The molecule has 0 heterocycles. The molecule has 10 heteroatoms. The zero-order chi connectivity index (χ0) is 26.5. The minimum Gasteiger partial charge on any atom is -0.458 e. The first-order valence-electron chi connectivity index (χ1n) is 11.5. The van der Waals surface area contributed by atoms with Crippen molar-refractivity contribution >= 4 is 29.7 Å². The molecule has 2 atom stereocenters. The molecule has 34 heavy (non-hydrogen) atoms. The molecule has 0 aromatic heterocycles. The van der Waals surface area contributed by atoms with Crippen molar-refractivity contribution in [1.29, 1.82) is 0 Å². The highest BCUT2D eigenvalue weighted by Crippen LogP contribution is 2.13. The maximum atomic E-state index is 12.6.